The van der Waals surface area contributed by atoms with Crippen LogP contribution in [0.2, 0.25) is 0 Å². The van der Waals surface area contributed by atoms with Gasteiger partial charge in [0.2, 0.25) is 5.91 Å². The predicted octanol–water partition coefficient (Wildman–Crippen LogP) is 5.04. The molecule has 3 rings (SSSR count). The maximum absolute atomic E-state index is 13.2. The molecule has 0 atom stereocenters. The molecule has 0 spiro atoms. The molecule has 2 N–H and O–H groups in total. The maximum Gasteiger partial charge on any atom is 0.328 e. The molecule has 0 aliphatic carbocycles. The van der Waals surface area contributed by atoms with Gasteiger partial charge in [0, 0.05) is 24.8 Å². The summed E-state index contributed by atoms with van der Waals surface area (Å²) >= 11 is 2.60. The Morgan fingerprint density at radius 2 is 1.88 bits per heavy atom. The highest BCUT2D eigenvalue weighted by atomic mass is 32.2. The summed E-state index contributed by atoms with van der Waals surface area (Å²) in [6.07, 6.45) is 2.27. The van der Waals surface area contributed by atoms with Crippen LogP contribution in [0.5, 0.6) is 0 Å². The smallest absolute Gasteiger partial charge is 0.328 e. The number of amides is 3. The third-order valence-corrected chi connectivity index (χ3v) is 6.61. The van der Waals surface area contributed by atoms with Gasteiger partial charge in [0.25, 0.3) is 0 Å². The van der Waals surface area contributed by atoms with E-state index in [-0.39, 0.29) is 23.7 Å². The Kier molecular flexibility index (Phi) is 9.48. The Hall–Kier alpha value is -3.37. The number of esters is 1. The van der Waals surface area contributed by atoms with Crippen LogP contribution in [0.1, 0.15) is 19.4 Å². The lowest BCUT2D eigenvalue weighted by atomic mass is 10.1. The van der Waals surface area contributed by atoms with Gasteiger partial charge in [0.05, 0.1) is 22.8 Å². The first-order valence-electron chi connectivity index (χ1n) is 10.7. The SMILES string of the molecule is CCOC(=O)CSc1cnc(NC(=O)N(CCc2ccccc2)c2cccc(NC(C)=O)c2)s1. The number of nitrogens with one attached hydrogen (secondary N) is 2. The van der Waals surface area contributed by atoms with Crippen LogP contribution < -0.4 is 15.5 Å². The number of thioether (sulfide) groups is 1. The zero-order valence-electron chi connectivity index (χ0n) is 18.9. The summed E-state index contributed by atoms with van der Waals surface area (Å²) in [6, 6.07) is 16.7. The van der Waals surface area contributed by atoms with E-state index in [1.807, 2.05) is 36.4 Å². The molecule has 0 aliphatic rings. The molecule has 0 aliphatic heterocycles. The number of anilines is 3. The van der Waals surface area contributed by atoms with Crippen molar-refractivity contribution in [3.63, 3.8) is 0 Å². The molecule has 178 valence electrons. The van der Waals surface area contributed by atoms with E-state index in [9.17, 15) is 14.4 Å². The summed E-state index contributed by atoms with van der Waals surface area (Å²) < 4.78 is 5.73. The zero-order chi connectivity index (χ0) is 24.3. The number of aromatic nitrogens is 1. The summed E-state index contributed by atoms with van der Waals surface area (Å²) in [6.45, 7) is 3.96. The lowest BCUT2D eigenvalue weighted by molar-refractivity contribution is -0.139. The summed E-state index contributed by atoms with van der Waals surface area (Å²) in [5.74, 6) is -0.298. The maximum atomic E-state index is 13.2. The summed E-state index contributed by atoms with van der Waals surface area (Å²) in [4.78, 5) is 42.2. The van der Waals surface area contributed by atoms with Crippen LogP contribution in [0.4, 0.5) is 21.3 Å². The van der Waals surface area contributed by atoms with Gasteiger partial charge in [-0.2, -0.15) is 0 Å². The molecule has 3 aromatic rings. The molecule has 8 nitrogen and oxygen atoms in total. The molecule has 0 radical (unpaired) electrons. The molecule has 0 bridgehead atoms. The van der Waals surface area contributed by atoms with Crippen LogP contribution in [0.25, 0.3) is 0 Å². The van der Waals surface area contributed by atoms with E-state index in [2.05, 4.69) is 15.6 Å². The monoisotopic (exact) mass is 498 g/mol. The number of benzene rings is 2. The van der Waals surface area contributed by atoms with E-state index in [1.165, 1.54) is 30.0 Å². The van der Waals surface area contributed by atoms with E-state index >= 15 is 0 Å². The van der Waals surface area contributed by atoms with Crippen LogP contribution in [0, 0.1) is 0 Å². The van der Waals surface area contributed by atoms with Crippen molar-refractivity contribution >= 4 is 57.5 Å². The fraction of sp³-hybridized carbons (Fsp3) is 0.250. The van der Waals surface area contributed by atoms with Crippen molar-refractivity contribution in [1.82, 2.24) is 4.98 Å². The van der Waals surface area contributed by atoms with Crippen molar-refractivity contribution in [2.24, 2.45) is 0 Å². The van der Waals surface area contributed by atoms with Crippen molar-refractivity contribution in [3.05, 3.63) is 66.4 Å². The molecule has 0 saturated heterocycles. The number of urea groups is 1. The first kappa shape index (κ1) is 25.3. The third-order valence-electron chi connectivity index (χ3n) is 4.53. The Morgan fingerprint density at radius 1 is 1.09 bits per heavy atom. The molecule has 1 aromatic heterocycles. The number of hydrogen-bond donors (Lipinski definition) is 2. The number of hydrogen-bond acceptors (Lipinski definition) is 7. The Bertz CT molecular complexity index is 1120. The summed E-state index contributed by atoms with van der Waals surface area (Å²) in [5.41, 5.74) is 2.35. The van der Waals surface area contributed by atoms with Crippen molar-refractivity contribution in [2.45, 2.75) is 24.5 Å². The van der Waals surface area contributed by atoms with E-state index in [1.54, 1.807) is 36.2 Å². The lowest BCUT2D eigenvalue weighted by Crippen LogP contribution is -2.36. The number of ether oxygens (including phenoxy) is 1. The van der Waals surface area contributed by atoms with Crippen LogP contribution >= 0.6 is 23.1 Å². The second-order valence-corrected chi connectivity index (χ2v) is 9.43. The standard InChI is InChI=1S/C24H26N4O4S2/c1-3-32-21(30)16-33-22-15-25-23(34-22)27-24(31)28(13-12-18-8-5-4-6-9-18)20-11-7-10-19(14-20)26-17(2)29/h4-11,14-15H,3,12-13,16H2,1-2H3,(H,26,29)(H,25,27,31). The highest BCUT2D eigenvalue weighted by Gasteiger charge is 2.18. The molecule has 34 heavy (non-hydrogen) atoms. The molecule has 0 unspecified atom stereocenters. The lowest BCUT2D eigenvalue weighted by Gasteiger charge is -2.23. The van der Waals surface area contributed by atoms with Crippen molar-refractivity contribution in [1.29, 1.82) is 0 Å². The summed E-state index contributed by atoms with van der Waals surface area (Å²) in [5, 5.41) is 6.03. The van der Waals surface area contributed by atoms with Crippen LogP contribution in [-0.4, -0.2) is 41.8 Å². The van der Waals surface area contributed by atoms with Gasteiger partial charge in [-0.1, -0.05) is 47.7 Å². The number of carbonyl (C=O) groups is 3. The minimum absolute atomic E-state index is 0.183. The second kappa shape index (κ2) is 12.8. The van der Waals surface area contributed by atoms with Gasteiger partial charge in [-0.25, -0.2) is 9.78 Å². The van der Waals surface area contributed by atoms with E-state index in [0.29, 0.717) is 36.1 Å². The molecule has 2 aromatic carbocycles. The largest absolute Gasteiger partial charge is 0.465 e. The fourth-order valence-electron chi connectivity index (χ4n) is 3.06. The highest BCUT2D eigenvalue weighted by Crippen LogP contribution is 2.29. The van der Waals surface area contributed by atoms with E-state index in [4.69, 9.17) is 4.74 Å². The first-order chi connectivity index (χ1) is 16.4. The van der Waals surface area contributed by atoms with Gasteiger partial charge in [-0.05, 0) is 37.1 Å². The Labute approximate surface area is 206 Å². The van der Waals surface area contributed by atoms with Gasteiger partial charge in [0.15, 0.2) is 5.13 Å². The number of nitrogens with zero attached hydrogens (tertiary/aromatic N) is 2. The van der Waals surface area contributed by atoms with E-state index in [0.717, 1.165) is 9.77 Å². The van der Waals surface area contributed by atoms with Gasteiger partial charge in [-0.3, -0.25) is 19.8 Å². The normalized spacial score (nSPS) is 10.4. The molecular weight excluding hydrogens is 472 g/mol. The topological polar surface area (TPSA) is 101 Å². The van der Waals surface area contributed by atoms with Crippen molar-refractivity contribution < 1.29 is 19.1 Å². The fourth-order valence-corrected chi connectivity index (χ4v) is 4.72. The van der Waals surface area contributed by atoms with Gasteiger partial charge in [-0.15, -0.1) is 11.8 Å². The zero-order valence-corrected chi connectivity index (χ0v) is 20.6. The molecule has 10 heteroatoms. The average Bonchev–Trinajstić information content (AvgIpc) is 3.26. The molecule has 0 fully saturated rings. The average molecular weight is 499 g/mol. The number of rotatable bonds is 10. The van der Waals surface area contributed by atoms with Gasteiger partial charge >= 0.3 is 12.0 Å². The molecule has 1 heterocycles. The minimum Gasteiger partial charge on any atom is -0.465 e. The Morgan fingerprint density at radius 3 is 2.62 bits per heavy atom. The third kappa shape index (κ3) is 7.89. The van der Waals surface area contributed by atoms with Crippen LogP contribution in [-0.2, 0) is 20.7 Å². The van der Waals surface area contributed by atoms with E-state index < -0.39 is 0 Å². The first-order valence-corrected chi connectivity index (χ1v) is 12.5. The van der Waals surface area contributed by atoms with Crippen LogP contribution in [0.3, 0.4) is 0 Å². The summed E-state index contributed by atoms with van der Waals surface area (Å²) in [7, 11) is 0. The molecular formula is C24H26N4O4S2. The number of thiazole rings is 1. The molecule has 3 amide bonds. The molecule has 0 saturated carbocycles. The van der Waals surface area contributed by atoms with Crippen molar-refractivity contribution in [3.8, 4) is 0 Å². The van der Waals surface area contributed by atoms with Crippen LogP contribution in [0.15, 0.2) is 65.0 Å². The highest BCUT2D eigenvalue weighted by molar-refractivity contribution is 8.01. The Balaban J connectivity index is 1.73. The minimum atomic E-state index is -0.341. The predicted molar refractivity (Wildman–Crippen MR) is 137 cm³/mol. The van der Waals surface area contributed by atoms with Crippen molar-refractivity contribution in [2.75, 3.05) is 34.4 Å². The quantitative estimate of drug-likeness (QED) is 0.300. The second-order valence-electron chi connectivity index (χ2n) is 7.13. The van der Waals surface area contributed by atoms with Gasteiger partial charge < -0.3 is 10.1 Å². The van der Waals surface area contributed by atoms with Gasteiger partial charge in [0.1, 0.15) is 0 Å². The number of carbonyl (C=O) groups excluding carboxylic acids is 3.